The van der Waals surface area contributed by atoms with Crippen molar-refractivity contribution in [1.82, 2.24) is 15.1 Å². The van der Waals surface area contributed by atoms with Crippen molar-refractivity contribution in [2.24, 2.45) is 4.99 Å². The number of carbonyl (C=O) groups is 1. The number of amides is 1. The Labute approximate surface area is 172 Å². The van der Waals surface area contributed by atoms with Crippen molar-refractivity contribution in [2.75, 3.05) is 27.7 Å². The second kappa shape index (κ2) is 10.9. The molecular weight excluding hydrogens is 451 g/mol. The van der Waals surface area contributed by atoms with Crippen LogP contribution in [0.25, 0.3) is 0 Å². The number of hydrogen-bond acceptors (Lipinski definition) is 2. The van der Waals surface area contributed by atoms with Crippen LogP contribution in [-0.2, 0) is 11.3 Å². The first-order valence-electron chi connectivity index (χ1n) is 8.42. The molecule has 0 heterocycles. The number of benzene rings is 1. The van der Waals surface area contributed by atoms with E-state index in [9.17, 15) is 4.79 Å². The van der Waals surface area contributed by atoms with Gasteiger partial charge >= 0.3 is 0 Å². The van der Waals surface area contributed by atoms with E-state index in [-0.39, 0.29) is 36.4 Å². The van der Waals surface area contributed by atoms with Crippen molar-refractivity contribution in [3.63, 3.8) is 0 Å². The normalized spacial score (nSPS) is 14.8. The molecule has 1 fully saturated rings. The van der Waals surface area contributed by atoms with Gasteiger partial charge in [0.25, 0.3) is 0 Å². The molecule has 5 nitrogen and oxygen atoms in total. The molecule has 25 heavy (non-hydrogen) atoms. The van der Waals surface area contributed by atoms with Crippen LogP contribution in [0.3, 0.4) is 0 Å². The number of rotatable bonds is 5. The van der Waals surface area contributed by atoms with Gasteiger partial charge in [0.15, 0.2) is 5.96 Å². The number of carbonyl (C=O) groups excluding carboxylic acids is 1. The molecule has 0 aromatic heterocycles. The lowest BCUT2D eigenvalue weighted by molar-refractivity contribution is -0.127. The minimum absolute atomic E-state index is 0. The number of guanidine groups is 1. The smallest absolute Gasteiger partial charge is 0.243 e. The van der Waals surface area contributed by atoms with E-state index in [0.29, 0.717) is 12.6 Å². The van der Waals surface area contributed by atoms with E-state index in [0.717, 1.165) is 29.4 Å². The third-order valence-electron chi connectivity index (χ3n) is 4.25. The van der Waals surface area contributed by atoms with E-state index in [4.69, 9.17) is 11.6 Å². The van der Waals surface area contributed by atoms with E-state index in [1.165, 1.54) is 12.8 Å². The molecule has 1 aliphatic carbocycles. The summed E-state index contributed by atoms with van der Waals surface area (Å²) in [5.74, 6) is 0.785. The van der Waals surface area contributed by atoms with Crippen molar-refractivity contribution in [3.8, 4) is 0 Å². The van der Waals surface area contributed by atoms with Gasteiger partial charge in [-0.15, -0.1) is 24.0 Å². The van der Waals surface area contributed by atoms with Crippen LogP contribution in [0, 0.1) is 0 Å². The average Bonchev–Trinajstić information content (AvgIpc) is 3.06. The molecule has 0 saturated heterocycles. The zero-order valence-corrected chi connectivity index (χ0v) is 18.3. The molecule has 140 valence electrons. The van der Waals surface area contributed by atoms with E-state index in [2.05, 4.69) is 15.2 Å². The molecule has 1 N–H and O–H groups in total. The predicted octanol–water partition coefficient (Wildman–Crippen LogP) is 3.37. The Morgan fingerprint density at radius 3 is 2.36 bits per heavy atom. The number of aliphatic imine (C=N–C) groups is 1. The summed E-state index contributed by atoms with van der Waals surface area (Å²) >= 11 is 5.95. The molecule has 1 saturated carbocycles. The number of halogens is 2. The van der Waals surface area contributed by atoms with Crippen LogP contribution >= 0.6 is 35.6 Å². The minimum atomic E-state index is 0. The summed E-state index contributed by atoms with van der Waals surface area (Å²) in [5, 5.41) is 4.25. The molecule has 0 radical (unpaired) electrons. The molecule has 2 rings (SSSR count). The Morgan fingerprint density at radius 2 is 1.80 bits per heavy atom. The monoisotopic (exact) mass is 478 g/mol. The number of likely N-dealkylation sites (N-methyl/N-ethyl adjacent to an activating group) is 1. The van der Waals surface area contributed by atoms with Crippen LogP contribution < -0.4 is 5.32 Å². The third kappa shape index (κ3) is 7.40. The van der Waals surface area contributed by atoms with Crippen LogP contribution in [0.2, 0.25) is 5.02 Å². The highest BCUT2D eigenvalue weighted by Crippen LogP contribution is 2.18. The van der Waals surface area contributed by atoms with Gasteiger partial charge in [0, 0.05) is 38.8 Å². The molecule has 1 aromatic carbocycles. The van der Waals surface area contributed by atoms with E-state index < -0.39 is 0 Å². The van der Waals surface area contributed by atoms with Crippen molar-refractivity contribution in [3.05, 3.63) is 34.9 Å². The van der Waals surface area contributed by atoms with Crippen LogP contribution in [-0.4, -0.2) is 55.4 Å². The zero-order chi connectivity index (χ0) is 17.5. The fourth-order valence-electron chi connectivity index (χ4n) is 2.75. The van der Waals surface area contributed by atoms with E-state index in [1.807, 2.05) is 31.3 Å². The fourth-order valence-corrected chi connectivity index (χ4v) is 2.88. The molecular formula is C18H28ClIN4O. The largest absolute Gasteiger partial charge is 0.353 e. The summed E-state index contributed by atoms with van der Waals surface area (Å²) in [5.41, 5.74) is 1.15. The maximum absolute atomic E-state index is 11.9. The van der Waals surface area contributed by atoms with Crippen molar-refractivity contribution >= 4 is 47.4 Å². The predicted molar refractivity (Wildman–Crippen MR) is 115 cm³/mol. The number of hydrogen-bond donors (Lipinski definition) is 1. The lowest BCUT2D eigenvalue weighted by Gasteiger charge is -2.25. The Hall–Kier alpha value is -1.02. The summed E-state index contributed by atoms with van der Waals surface area (Å²) in [7, 11) is 5.49. The third-order valence-corrected chi connectivity index (χ3v) is 4.50. The fraction of sp³-hybridized carbons (Fsp3) is 0.556. The van der Waals surface area contributed by atoms with Crippen LogP contribution in [0.15, 0.2) is 29.3 Å². The summed E-state index contributed by atoms with van der Waals surface area (Å²) < 4.78 is 0. The molecule has 1 amide bonds. The van der Waals surface area contributed by atoms with Gasteiger partial charge in [-0.3, -0.25) is 4.79 Å². The SMILES string of the molecule is CN(C)C(=O)CN=C(NC1CCCC1)N(C)Cc1ccc(Cl)cc1.I. The maximum Gasteiger partial charge on any atom is 0.243 e. The number of nitrogens with zero attached hydrogens (tertiary/aromatic N) is 3. The average molecular weight is 479 g/mol. The molecule has 0 atom stereocenters. The van der Waals surface area contributed by atoms with Gasteiger partial charge in [-0.1, -0.05) is 36.6 Å². The highest BCUT2D eigenvalue weighted by atomic mass is 127. The lowest BCUT2D eigenvalue weighted by Crippen LogP contribution is -2.43. The summed E-state index contributed by atoms with van der Waals surface area (Å²) in [6, 6.07) is 8.25. The van der Waals surface area contributed by atoms with Crippen LogP contribution in [0.5, 0.6) is 0 Å². The molecule has 0 bridgehead atoms. The molecule has 0 unspecified atom stereocenters. The quantitative estimate of drug-likeness (QED) is 0.401. The molecule has 1 aromatic rings. The van der Waals surface area contributed by atoms with Crippen molar-refractivity contribution in [1.29, 1.82) is 0 Å². The second-order valence-electron chi connectivity index (χ2n) is 6.54. The highest BCUT2D eigenvalue weighted by molar-refractivity contribution is 14.0. The van der Waals surface area contributed by atoms with E-state index >= 15 is 0 Å². The Bertz CT molecular complexity index is 571. The standard InChI is InChI=1S/C18H27ClN4O.HI/c1-22(2)17(24)12-20-18(21-16-6-4-5-7-16)23(3)13-14-8-10-15(19)11-9-14;/h8-11,16H,4-7,12-13H2,1-3H3,(H,20,21);1H. The first-order valence-corrected chi connectivity index (χ1v) is 8.80. The molecule has 1 aliphatic rings. The molecule has 7 heteroatoms. The molecule has 0 spiro atoms. The summed E-state index contributed by atoms with van der Waals surface area (Å²) in [6.07, 6.45) is 4.83. The van der Waals surface area contributed by atoms with Crippen LogP contribution in [0.1, 0.15) is 31.2 Å². The first kappa shape index (κ1) is 22.0. The number of nitrogens with one attached hydrogen (secondary N) is 1. The van der Waals surface area contributed by atoms with Crippen molar-refractivity contribution < 1.29 is 4.79 Å². The Balaban J connectivity index is 0.00000312. The zero-order valence-electron chi connectivity index (χ0n) is 15.2. The van der Waals surface area contributed by atoms with E-state index in [1.54, 1.807) is 19.0 Å². The van der Waals surface area contributed by atoms with Gasteiger partial charge < -0.3 is 15.1 Å². The molecule has 0 aliphatic heterocycles. The summed E-state index contributed by atoms with van der Waals surface area (Å²) in [4.78, 5) is 20.0. The maximum atomic E-state index is 11.9. The second-order valence-corrected chi connectivity index (χ2v) is 6.97. The topological polar surface area (TPSA) is 47.9 Å². The van der Waals surface area contributed by atoms with Gasteiger partial charge in [-0.2, -0.15) is 0 Å². The van der Waals surface area contributed by atoms with Gasteiger partial charge in [0.05, 0.1) is 0 Å². The van der Waals surface area contributed by atoms with Crippen molar-refractivity contribution in [2.45, 2.75) is 38.3 Å². The van der Waals surface area contributed by atoms with Gasteiger partial charge in [-0.25, -0.2) is 4.99 Å². The lowest BCUT2D eigenvalue weighted by atomic mass is 10.2. The highest BCUT2D eigenvalue weighted by Gasteiger charge is 2.18. The van der Waals surface area contributed by atoms with Gasteiger partial charge in [0.2, 0.25) is 5.91 Å². The Kier molecular flexibility index (Phi) is 9.56. The van der Waals surface area contributed by atoms with Gasteiger partial charge in [0.1, 0.15) is 6.54 Å². The Morgan fingerprint density at radius 1 is 1.20 bits per heavy atom. The van der Waals surface area contributed by atoms with Crippen LogP contribution in [0.4, 0.5) is 0 Å². The van der Waals surface area contributed by atoms with Gasteiger partial charge in [-0.05, 0) is 30.5 Å². The minimum Gasteiger partial charge on any atom is -0.353 e. The first-order chi connectivity index (χ1) is 11.5. The summed E-state index contributed by atoms with van der Waals surface area (Å²) in [6.45, 7) is 0.874.